The van der Waals surface area contributed by atoms with Crippen LogP contribution in [0.15, 0.2) is 60.8 Å². The molecule has 1 saturated carbocycles. The van der Waals surface area contributed by atoms with E-state index >= 15 is 0 Å². The molecule has 35 heavy (non-hydrogen) atoms. The first-order chi connectivity index (χ1) is 16.8. The van der Waals surface area contributed by atoms with Crippen molar-refractivity contribution in [2.45, 2.75) is 51.2 Å². The van der Waals surface area contributed by atoms with Gasteiger partial charge in [-0.3, -0.25) is 4.79 Å². The molecule has 0 saturated heterocycles. The minimum Gasteiger partial charge on any atom is -0.503 e. The molecule has 2 aromatic carbocycles. The Bertz CT molecular complexity index is 1180. The number of methoxy groups -OCH3 is 1. The lowest BCUT2D eigenvalue weighted by Gasteiger charge is -2.49. The zero-order chi connectivity index (χ0) is 25.2. The summed E-state index contributed by atoms with van der Waals surface area (Å²) < 4.78 is 11.0. The molecule has 1 aromatic heterocycles. The summed E-state index contributed by atoms with van der Waals surface area (Å²) in [5.74, 6) is -1.50. The summed E-state index contributed by atoms with van der Waals surface area (Å²) >= 11 is 0. The molecule has 4 rings (SSSR count). The van der Waals surface area contributed by atoms with E-state index in [4.69, 9.17) is 9.47 Å². The van der Waals surface area contributed by atoms with Gasteiger partial charge in [0.05, 0.1) is 12.5 Å². The van der Waals surface area contributed by atoms with Crippen LogP contribution in [0.5, 0.6) is 11.5 Å². The highest BCUT2D eigenvalue weighted by atomic mass is 16.5. The molecule has 1 aliphatic carbocycles. The van der Waals surface area contributed by atoms with Crippen LogP contribution in [-0.4, -0.2) is 41.2 Å². The fraction of sp³-hybridized carbons (Fsp3) is 0.321. The van der Waals surface area contributed by atoms with Crippen LogP contribution in [0, 0.1) is 13.8 Å². The summed E-state index contributed by atoms with van der Waals surface area (Å²) in [6.45, 7) is 5.63. The van der Waals surface area contributed by atoms with E-state index in [1.54, 1.807) is 6.92 Å². The Morgan fingerprint density at radius 3 is 2.09 bits per heavy atom. The smallest absolute Gasteiger partial charge is 0.328 e. The second-order valence-corrected chi connectivity index (χ2v) is 9.07. The Morgan fingerprint density at radius 2 is 1.60 bits per heavy atom. The number of esters is 1. The molecule has 1 unspecified atom stereocenters. The first kappa shape index (κ1) is 24.3. The molecule has 7 nitrogen and oxygen atoms in total. The zero-order valence-electron chi connectivity index (χ0n) is 20.4. The fourth-order valence-corrected chi connectivity index (χ4v) is 4.57. The Kier molecular flexibility index (Phi) is 6.78. The Morgan fingerprint density at radius 1 is 1.03 bits per heavy atom. The van der Waals surface area contributed by atoms with Crippen molar-refractivity contribution in [2.24, 2.45) is 0 Å². The lowest BCUT2D eigenvalue weighted by molar-refractivity contribution is -0.160. The molecule has 7 heteroatoms. The topological polar surface area (TPSA) is 97.8 Å². The van der Waals surface area contributed by atoms with Crippen LogP contribution >= 0.6 is 0 Å². The van der Waals surface area contributed by atoms with Crippen LogP contribution in [0.2, 0.25) is 0 Å². The van der Waals surface area contributed by atoms with Gasteiger partial charge in [-0.05, 0) is 44.7 Å². The molecule has 0 bridgehead atoms. The molecule has 182 valence electrons. The van der Waals surface area contributed by atoms with Crippen molar-refractivity contribution in [2.75, 3.05) is 7.11 Å². The molecule has 3 aromatic rings. The van der Waals surface area contributed by atoms with Gasteiger partial charge in [0.15, 0.2) is 17.2 Å². The average Bonchev–Trinajstić information content (AvgIpc) is 2.84. The summed E-state index contributed by atoms with van der Waals surface area (Å²) in [6, 6.07) is 17.2. The quantitative estimate of drug-likeness (QED) is 0.498. The molecule has 1 aliphatic rings. The van der Waals surface area contributed by atoms with E-state index in [0.29, 0.717) is 6.42 Å². The molecule has 0 radical (unpaired) electrons. The predicted octanol–water partition coefficient (Wildman–Crippen LogP) is 4.22. The minimum atomic E-state index is -0.941. The van der Waals surface area contributed by atoms with E-state index in [0.717, 1.165) is 28.7 Å². The van der Waals surface area contributed by atoms with Gasteiger partial charge in [-0.1, -0.05) is 59.7 Å². The molecule has 0 spiro atoms. The number of nitrogens with zero attached hydrogens (tertiary/aromatic N) is 1. The van der Waals surface area contributed by atoms with Crippen molar-refractivity contribution in [3.63, 3.8) is 0 Å². The van der Waals surface area contributed by atoms with Crippen LogP contribution < -0.4 is 10.1 Å². The Balaban J connectivity index is 1.54. The zero-order valence-corrected chi connectivity index (χ0v) is 20.4. The van der Waals surface area contributed by atoms with Gasteiger partial charge >= 0.3 is 5.97 Å². The number of carbonyl (C=O) groups is 2. The monoisotopic (exact) mass is 474 g/mol. The number of carbonyl (C=O) groups excluding carboxylic acids is 2. The summed E-state index contributed by atoms with van der Waals surface area (Å²) in [5.41, 5.74) is 3.84. The number of nitrogens with one attached hydrogen (secondary N) is 1. The Labute approximate surface area is 205 Å². The van der Waals surface area contributed by atoms with Crippen molar-refractivity contribution in [1.29, 1.82) is 0 Å². The third kappa shape index (κ3) is 4.58. The van der Waals surface area contributed by atoms with Gasteiger partial charge in [-0.25, -0.2) is 9.78 Å². The second kappa shape index (κ2) is 9.78. The van der Waals surface area contributed by atoms with E-state index in [1.165, 1.54) is 19.4 Å². The van der Waals surface area contributed by atoms with Crippen molar-refractivity contribution in [1.82, 2.24) is 10.3 Å². The van der Waals surface area contributed by atoms with Gasteiger partial charge in [-0.15, -0.1) is 0 Å². The number of ether oxygens (including phenoxy) is 2. The average molecular weight is 475 g/mol. The van der Waals surface area contributed by atoms with E-state index in [9.17, 15) is 14.7 Å². The molecular weight excluding hydrogens is 444 g/mol. The summed E-state index contributed by atoms with van der Waals surface area (Å²) in [6.07, 6.45) is 2.54. The third-order valence-electron chi connectivity index (χ3n) is 6.77. The first-order valence-corrected chi connectivity index (χ1v) is 11.6. The van der Waals surface area contributed by atoms with E-state index < -0.39 is 23.3 Å². The van der Waals surface area contributed by atoms with Crippen LogP contribution in [0.25, 0.3) is 0 Å². The molecule has 2 N–H and O–H groups in total. The highest BCUT2D eigenvalue weighted by Gasteiger charge is 2.52. The number of aryl methyl sites for hydroxylation is 2. The van der Waals surface area contributed by atoms with Gasteiger partial charge in [0.2, 0.25) is 0 Å². The van der Waals surface area contributed by atoms with Gasteiger partial charge in [0.1, 0.15) is 12.1 Å². The maximum Gasteiger partial charge on any atom is 0.328 e. The van der Waals surface area contributed by atoms with Gasteiger partial charge in [-0.2, -0.15) is 0 Å². The molecular formula is C28H30N2O5. The van der Waals surface area contributed by atoms with E-state index in [2.05, 4.69) is 58.8 Å². The van der Waals surface area contributed by atoms with Crippen LogP contribution in [0.4, 0.5) is 0 Å². The summed E-state index contributed by atoms with van der Waals surface area (Å²) in [5, 5.41) is 12.8. The van der Waals surface area contributed by atoms with Gasteiger partial charge < -0.3 is 19.9 Å². The van der Waals surface area contributed by atoms with E-state index in [1.807, 2.05) is 13.8 Å². The third-order valence-corrected chi connectivity index (χ3v) is 6.77. The maximum absolute atomic E-state index is 13.0. The fourth-order valence-electron chi connectivity index (χ4n) is 4.57. The minimum absolute atomic E-state index is 0.121. The lowest BCUT2D eigenvalue weighted by Crippen LogP contribution is -2.53. The van der Waals surface area contributed by atoms with Crippen LogP contribution in [-0.2, 0) is 14.9 Å². The van der Waals surface area contributed by atoms with Crippen molar-refractivity contribution < 1.29 is 24.2 Å². The maximum atomic E-state index is 13.0. The number of amides is 1. The lowest BCUT2D eigenvalue weighted by atomic mass is 9.58. The van der Waals surface area contributed by atoms with Crippen LogP contribution in [0.3, 0.4) is 0 Å². The number of pyridine rings is 1. The number of benzene rings is 2. The predicted molar refractivity (Wildman–Crippen MR) is 132 cm³/mol. The number of aromatic nitrogens is 1. The first-order valence-electron chi connectivity index (χ1n) is 11.6. The van der Waals surface area contributed by atoms with Gasteiger partial charge in [0.25, 0.3) is 5.91 Å². The largest absolute Gasteiger partial charge is 0.503 e. The number of aromatic hydroxyl groups is 1. The normalized spacial score (nSPS) is 17.1. The van der Waals surface area contributed by atoms with Crippen molar-refractivity contribution >= 4 is 11.9 Å². The summed E-state index contributed by atoms with van der Waals surface area (Å²) in [4.78, 5) is 29.6. The number of rotatable bonds is 7. The Hall–Kier alpha value is -3.87. The SMILES string of the molecule is COc1ccnc(C(=O)N[C@@H](C)C(=O)OC2CCC2(c2ccc(C)cc2)c2ccc(C)cc2)c1O. The molecule has 2 atom stereocenters. The standard InChI is InChI=1S/C28H30N2O5/c1-17-5-9-20(10-6-17)28(21-11-7-18(2)8-12-21)15-13-23(28)35-27(33)19(3)30-26(32)24-25(31)22(34-4)14-16-29-24/h5-12,14,16,19,23,31H,13,15H2,1-4H3,(H,30,32)/t19-,23?/m0/s1. The highest BCUT2D eigenvalue weighted by Crippen LogP contribution is 2.51. The molecule has 1 heterocycles. The second-order valence-electron chi connectivity index (χ2n) is 9.07. The molecule has 1 fully saturated rings. The van der Waals surface area contributed by atoms with E-state index in [-0.39, 0.29) is 23.3 Å². The van der Waals surface area contributed by atoms with Crippen LogP contribution in [0.1, 0.15) is 52.5 Å². The molecule has 0 aliphatic heterocycles. The summed E-state index contributed by atoms with van der Waals surface area (Å²) in [7, 11) is 1.38. The van der Waals surface area contributed by atoms with Crippen molar-refractivity contribution in [3.05, 3.63) is 88.7 Å². The van der Waals surface area contributed by atoms with Crippen molar-refractivity contribution in [3.8, 4) is 11.5 Å². The highest BCUT2D eigenvalue weighted by molar-refractivity contribution is 5.97. The number of hydrogen-bond acceptors (Lipinski definition) is 6. The molecule has 1 amide bonds. The number of hydrogen-bond donors (Lipinski definition) is 2. The van der Waals surface area contributed by atoms with Gasteiger partial charge in [0, 0.05) is 12.3 Å².